The van der Waals surface area contributed by atoms with Crippen LogP contribution in [0.5, 0.6) is 0 Å². The molecular formula is C51H31N3O. The molecule has 0 fully saturated rings. The first-order chi connectivity index (χ1) is 27.3. The predicted octanol–water partition coefficient (Wildman–Crippen LogP) is 13.6. The Morgan fingerprint density at radius 2 is 0.800 bits per heavy atom. The fourth-order valence-corrected chi connectivity index (χ4v) is 8.17. The summed E-state index contributed by atoms with van der Waals surface area (Å²) in [4.78, 5) is 15.3. The molecule has 11 aromatic rings. The molecule has 0 aliphatic rings. The number of nitrogens with zero attached hydrogens (tertiary/aromatic N) is 3. The van der Waals surface area contributed by atoms with Gasteiger partial charge in [0.2, 0.25) is 0 Å². The van der Waals surface area contributed by atoms with Crippen LogP contribution in [-0.4, -0.2) is 15.0 Å². The fraction of sp³-hybridized carbons (Fsp3) is 0. The maximum absolute atomic E-state index is 6.28. The van der Waals surface area contributed by atoms with E-state index < -0.39 is 0 Å². The molecule has 9 aromatic carbocycles. The SMILES string of the molecule is c1ccc(-c2nc(-c3ccc4ccccc4c3)nc(-c3ccc(-c4ccc(-c5cccc6oc7ccccc7c56)c5ccccc45)c4ccccc34)n2)cc1. The van der Waals surface area contributed by atoms with Gasteiger partial charge in [0.25, 0.3) is 0 Å². The monoisotopic (exact) mass is 701 g/mol. The van der Waals surface area contributed by atoms with Crippen molar-refractivity contribution in [3.05, 3.63) is 188 Å². The minimum atomic E-state index is 0.639. The fourth-order valence-electron chi connectivity index (χ4n) is 8.17. The summed E-state index contributed by atoms with van der Waals surface area (Å²) >= 11 is 0. The Hall–Kier alpha value is -7.43. The van der Waals surface area contributed by atoms with Gasteiger partial charge in [-0.2, -0.15) is 0 Å². The zero-order chi connectivity index (χ0) is 36.3. The average molecular weight is 702 g/mol. The summed E-state index contributed by atoms with van der Waals surface area (Å²) in [6.07, 6.45) is 0. The Morgan fingerprint density at radius 3 is 1.51 bits per heavy atom. The van der Waals surface area contributed by atoms with Gasteiger partial charge in [0, 0.05) is 27.5 Å². The van der Waals surface area contributed by atoms with Crippen LogP contribution in [0.1, 0.15) is 0 Å². The molecule has 0 saturated carbocycles. The second kappa shape index (κ2) is 12.6. The normalized spacial score (nSPS) is 11.6. The number of fused-ring (bicyclic) bond motifs is 6. The first-order valence-corrected chi connectivity index (χ1v) is 18.5. The lowest BCUT2D eigenvalue weighted by atomic mass is 9.88. The van der Waals surface area contributed by atoms with Gasteiger partial charge in [-0.15, -0.1) is 0 Å². The van der Waals surface area contributed by atoms with Crippen molar-refractivity contribution >= 4 is 54.3 Å². The van der Waals surface area contributed by atoms with E-state index in [-0.39, 0.29) is 0 Å². The molecule has 256 valence electrons. The number of rotatable bonds is 5. The van der Waals surface area contributed by atoms with E-state index in [0.29, 0.717) is 17.5 Å². The highest BCUT2D eigenvalue weighted by Crippen LogP contribution is 2.43. The molecule has 11 rings (SSSR count). The summed E-state index contributed by atoms with van der Waals surface area (Å²) in [7, 11) is 0. The van der Waals surface area contributed by atoms with Gasteiger partial charge < -0.3 is 4.42 Å². The molecule has 2 aromatic heterocycles. The highest BCUT2D eigenvalue weighted by atomic mass is 16.3. The van der Waals surface area contributed by atoms with E-state index in [2.05, 4.69) is 158 Å². The van der Waals surface area contributed by atoms with Crippen molar-refractivity contribution < 1.29 is 4.42 Å². The summed E-state index contributed by atoms with van der Waals surface area (Å²) < 4.78 is 6.28. The lowest BCUT2D eigenvalue weighted by molar-refractivity contribution is 0.669. The average Bonchev–Trinajstić information content (AvgIpc) is 3.65. The van der Waals surface area contributed by atoms with Crippen molar-refractivity contribution in [3.8, 4) is 56.4 Å². The van der Waals surface area contributed by atoms with Gasteiger partial charge in [-0.1, -0.05) is 164 Å². The van der Waals surface area contributed by atoms with Crippen LogP contribution in [0.15, 0.2) is 192 Å². The van der Waals surface area contributed by atoms with E-state index in [9.17, 15) is 0 Å². The summed E-state index contributed by atoms with van der Waals surface area (Å²) in [5.41, 5.74) is 9.31. The van der Waals surface area contributed by atoms with E-state index in [4.69, 9.17) is 19.4 Å². The lowest BCUT2D eigenvalue weighted by Gasteiger charge is -2.16. The molecular weight excluding hydrogens is 671 g/mol. The topological polar surface area (TPSA) is 51.8 Å². The third-order valence-electron chi connectivity index (χ3n) is 10.7. The van der Waals surface area contributed by atoms with Crippen LogP contribution < -0.4 is 0 Å². The van der Waals surface area contributed by atoms with Crippen molar-refractivity contribution in [2.24, 2.45) is 0 Å². The second-order valence-electron chi connectivity index (χ2n) is 13.9. The number of hydrogen-bond donors (Lipinski definition) is 0. The zero-order valence-electron chi connectivity index (χ0n) is 29.6. The molecule has 4 nitrogen and oxygen atoms in total. The summed E-state index contributed by atoms with van der Waals surface area (Å²) in [5.74, 6) is 1.93. The van der Waals surface area contributed by atoms with Gasteiger partial charge in [0.15, 0.2) is 17.5 Å². The molecule has 0 aliphatic carbocycles. The largest absolute Gasteiger partial charge is 0.456 e. The van der Waals surface area contributed by atoms with Crippen LogP contribution in [-0.2, 0) is 0 Å². The Bertz CT molecular complexity index is 3270. The third kappa shape index (κ3) is 5.19. The standard InChI is InChI=1S/C51H31N3O/c1-2-14-33(15-3-1)49-52-50(35-26-25-32-13-4-5-16-34(32)31-35)54-51(53-49)44-30-29-41(38-19-8-9-20-39(38)44)40-27-28-42(37-18-7-6-17-36(37)40)43-22-12-24-47-48(43)45-21-10-11-23-46(45)55-47/h1-31H. The summed E-state index contributed by atoms with van der Waals surface area (Å²) in [6.45, 7) is 0. The highest BCUT2D eigenvalue weighted by Gasteiger charge is 2.19. The van der Waals surface area contributed by atoms with E-state index in [1.807, 2.05) is 30.3 Å². The summed E-state index contributed by atoms with van der Waals surface area (Å²) in [5, 5.41) is 9.18. The van der Waals surface area contributed by atoms with Gasteiger partial charge >= 0.3 is 0 Å². The van der Waals surface area contributed by atoms with Crippen molar-refractivity contribution in [1.29, 1.82) is 0 Å². The van der Waals surface area contributed by atoms with E-state index >= 15 is 0 Å². The van der Waals surface area contributed by atoms with Crippen molar-refractivity contribution in [2.45, 2.75) is 0 Å². The molecule has 0 saturated heterocycles. The van der Waals surface area contributed by atoms with E-state index in [1.54, 1.807) is 0 Å². The number of furan rings is 1. The van der Waals surface area contributed by atoms with E-state index in [1.165, 1.54) is 27.3 Å². The van der Waals surface area contributed by atoms with Gasteiger partial charge in [0.1, 0.15) is 11.2 Å². The van der Waals surface area contributed by atoms with Gasteiger partial charge in [0.05, 0.1) is 0 Å². The maximum atomic E-state index is 6.28. The zero-order valence-corrected chi connectivity index (χ0v) is 29.6. The highest BCUT2D eigenvalue weighted by molar-refractivity contribution is 6.17. The van der Waals surface area contributed by atoms with Gasteiger partial charge in [-0.3, -0.25) is 0 Å². The molecule has 0 aliphatic heterocycles. The molecule has 0 bridgehead atoms. The predicted molar refractivity (Wildman–Crippen MR) is 227 cm³/mol. The molecule has 0 radical (unpaired) electrons. The number of hydrogen-bond acceptors (Lipinski definition) is 4. The van der Waals surface area contributed by atoms with Crippen molar-refractivity contribution in [1.82, 2.24) is 15.0 Å². The minimum Gasteiger partial charge on any atom is -0.456 e. The quantitative estimate of drug-likeness (QED) is 0.179. The Morgan fingerprint density at radius 1 is 0.291 bits per heavy atom. The van der Waals surface area contributed by atoms with Crippen molar-refractivity contribution in [3.63, 3.8) is 0 Å². The molecule has 0 N–H and O–H groups in total. The van der Waals surface area contributed by atoms with Crippen LogP contribution in [0.2, 0.25) is 0 Å². The molecule has 0 atom stereocenters. The van der Waals surface area contributed by atoms with Crippen LogP contribution in [0.3, 0.4) is 0 Å². The number of aromatic nitrogens is 3. The van der Waals surface area contributed by atoms with Crippen LogP contribution >= 0.6 is 0 Å². The van der Waals surface area contributed by atoms with Gasteiger partial charge in [-0.05, 0) is 78.8 Å². The summed E-state index contributed by atoms with van der Waals surface area (Å²) in [6, 6.07) is 65.8. The first-order valence-electron chi connectivity index (χ1n) is 18.5. The number of para-hydroxylation sites is 1. The first kappa shape index (κ1) is 31.1. The van der Waals surface area contributed by atoms with Crippen LogP contribution in [0.25, 0.3) is 111 Å². The number of benzene rings is 9. The van der Waals surface area contributed by atoms with Crippen LogP contribution in [0, 0.1) is 0 Å². The second-order valence-corrected chi connectivity index (χ2v) is 13.9. The Balaban J connectivity index is 1.10. The van der Waals surface area contributed by atoms with Gasteiger partial charge in [-0.25, -0.2) is 15.0 Å². The minimum absolute atomic E-state index is 0.639. The maximum Gasteiger partial charge on any atom is 0.164 e. The lowest BCUT2D eigenvalue weighted by Crippen LogP contribution is -2.01. The van der Waals surface area contributed by atoms with Crippen LogP contribution in [0.4, 0.5) is 0 Å². The molecule has 2 heterocycles. The Kier molecular flexibility index (Phi) is 7.14. The third-order valence-corrected chi connectivity index (χ3v) is 10.7. The van der Waals surface area contributed by atoms with E-state index in [0.717, 1.165) is 65.9 Å². The Labute approximate surface area is 317 Å². The molecule has 0 unspecified atom stereocenters. The van der Waals surface area contributed by atoms with Crippen molar-refractivity contribution in [2.75, 3.05) is 0 Å². The molecule has 0 amide bonds. The molecule has 0 spiro atoms. The molecule has 55 heavy (non-hydrogen) atoms. The smallest absolute Gasteiger partial charge is 0.164 e. The molecule has 4 heteroatoms.